The summed E-state index contributed by atoms with van der Waals surface area (Å²) in [5.41, 5.74) is -0.499. The Kier molecular flexibility index (Phi) is 5.87. The molecule has 7 nitrogen and oxygen atoms in total. The van der Waals surface area contributed by atoms with Crippen molar-refractivity contribution in [1.82, 2.24) is 20.1 Å². The highest BCUT2D eigenvalue weighted by molar-refractivity contribution is 5.98. The summed E-state index contributed by atoms with van der Waals surface area (Å²) >= 11 is 0. The molecule has 1 N–H and O–H groups in total. The topological polar surface area (TPSA) is 86.1 Å². The highest BCUT2D eigenvalue weighted by Crippen LogP contribution is 2.27. The monoisotopic (exact) mass is 296 g/mol. The summed E-state index contributed by atoms with van der Waals surface area (Å²) in [6.07, 6.45) is 2.16. The van der Waals surface area contributed by atoms with Gasteiger partial charge < -0.3 is 14.6 Å². The fourth-order valence-corrected chi connectivity index (χ4v) is 2.01. The molecule has 1 atom stereocenters. The van der Waals surface area contributed by atoms with E-state index < -0.39 is 17.3 Å². The van der Waals surface area contributed by atoms with Crippen molar-refractivity contribution in [3.05, 3.63) is 12.2 Å². The van der Waals surface area contributed by atoms with E-state index in [1.807, 2.05) is 27.8 Å². The number of hydrogen-bond donors (Lipinski definition) is 1. The van der Waals surface area contributed by atoms with Gasteiger partial charge >= 0.3 is 5.97 Å². The summed E-state index contributed by atoms with van der Waals surface area (Å²) in [5.74, 6) is -0.847. The van der Waals surface area contributed by atoms with E-state index in [4.69, 9.17) is 4.74 Å². The lowest BCUT2D eigenvalue weighted by molar-refractivity contribution is -0.156. The van der Waals surface area contributed by atoms with E-state index in [2.05, 4.69) is 15.5 Å². The van der Waals surface area contributed by atoms with Gasteiger partial charge in [0.15, 0.2) is 0 Å². The molecule has 1 aromatic heterocycles. The van der Waals surface area contributed by atoms with Crippen molar-refractivity contribution in [2.75, 3.05) is 13.2 Å². The molecular formula is C14H24N4O3. The van der Waals surface area contributed by atoms with Crippen molar-refractivity contribution in [3.63, 3.8) is 0 Å². The lowest BCUT2D eigenvalue weighted by Crippen LogP contribution is -2.44. The molecular weight excluding hydrogens is 272 g/mol. The number of aromatic nitrogens is 3. The lowest BCUT2D eigenvalue weighted by atomic mass is 9.80. The molecule has 1 rings (SSSR count). The lowest BCUT2D eigenvalue weighted by Gasteiger charge is -2.27. The number of amides is 1. The second-order valence-corrected chi connectivity index (χ2v) is 5.95. The third kappa shape index (κ3) is 4.84. The van der Waals surface area contributed by atoms with Crippen molar-refractivity contribution >= 4 is 11.9 Å². The normalized spacial score (nSPS) is 12.8. The first-order valence-electron chi connectivity index (χ1n) is 7.04. The van der Waals surface area contributed by atoms with Crippen LogP contribution in [0.4, 0.5) is 0 Å². The number of hydrogen-bond acceptors (Lipinski definition) is 5. The van der Waals surface area contributed by atoms with Gasteiger partial charge in [-0.25, -0.2) is 0 Å². The number of carbonyl (C=O) groups excluding carboxylic acids is 2. The van der Waals surface area contributed by atoms with Crippen molar-refractivity contribution in [3.8, 4) is 0 Å². The number of rotatable bonds is 6. The molecule has 1 heterocycles. The Hall–Kier alpha value is -1.92. The van der Waals surface area contributed by atoms with E-state index >= 15 is 0 Å². The van der Waals surface area contributed by atoms with Gasteiger partial charge in [0.25, 0.3) is 0 Å². The molecule has 0 aliphatic heterocycles. The minimum absolute atomic E-state index is 0.262. The zero-order valence-electron chi connectivity index (χ0n) is 13.3. The number of carbonyl (C=O) groups is 2. The van der Waals surface area contributed by atoms with Gasteiger partial charge in [-0.05, 0) is 12.3 Å². The van der Waals surface area contributed by atoms with Crippen molar-refractivity contribution in [1.29, 1.82) is 0 Å². The first-order valence-corrected chi connectivity index (χ1v) is 7.04. The van der Waals surface area contributed by atoms with E-state index in [1.54, 1.807) is 17.8 Å². The number of ether oxygens (including phenoxy) is 1. The Labute approximate surface area is 125 Å². The predicted octanol–water partition coefficient (Wildman–Crippen LogP) is 0.699. The Morgan fingerprint density at radius 1 is 1.43 bits per heavy atom. The van der Waals surface area contributed by atoms with Crippen LogP contribution in [0.1, 0.15) is 33.5 Å². The third-order valence-corrected chi connectivity index (χ3v) is 3.10. The second-order valence-electron chi connectivity index (χ2n) is 5.95. The van der Waals surface area contributed by atoms with Crippen LogP contribution in [0.3, 0.4) is 0 Å². The van der Waals surface area contributed by atoms with Gasteiger partial charge in [-0.2, -0.15) is 0 Å². The van der Waals surface area contributed by atoms with Gasteiger partial charge in [0, 0.05) is 20.0 Å². The van der Waals surface area contributed by atoms with E-state index in [-0.39, 0.29) is 12.5 Å². The average Bonchev–Trinajstić information content (AvgIpc) is 2.73. The summed E-state index contributed by atoms with van der Waals surface area (Å²) in [6.45, 7) is 7.92. The maximum atomic E-state index is 12.3. The first-order chi connectivity index (χ1) is 9.77. The van der Waals surface area contributed by atoms with Crippen LogP contribution in [-0.4, -0.2) is 39.8 Å². The maximum Gasteiger partial charge on any atom is 0.319 e. The molecule has 21 heavy (non-hydrogen) atoms. The van der Waals surface area contributed by atoms with E-state index in [0.29, 0.717) is 13.0 Å². The van der Waals surface area contributed by atoms with Gasteiger partial charge in [-0.1, -0.05) is 20.8 Å². The molecule has 0 bridgehead atoms. The molecule has 0 saturated heterocycles. The van der Waals surface area contributed by atoms with Gasteiger partial charge in [0.1, 0.15) is 18.1 Å². The highest BCUT2D eigenvalue weighted by Gasteiger charge is 2.38. The molecule has 0 aromatic carbocycles. The molecule has 0 fully saturated rings. The molecule has 1 unspecified atom stereocenters. The van der Waals surface area contributed by atoms with Crippen LogP contribution in [0.25, 0.3) is 0 Å². The summed E-state index contributed by atoms with van der Waals surface area (Å²) in [4.78, 5) is 24.2. The Morgan fingerprint density at radius 3 is 2.57 bits per heavy atom. The maximum absolute atomic E-state index is 12.3. The number of nitrogens with one attached hydrogen (secondary N) is 1. The molecule has 0 spiro atoms. The van der Waals surface area contributed by atoms with Crippen LogP contribution in [0.15, 0.2) is 6.33 Å². The smallest absolute Gasteiger partial charge is 0.319 e. The van der Waals surface area contributed by atoms with Crippen LogP contribution < -0.4 is 5.32 Å². The first kappa shape index (κ1) is 17.1. The van der Waals surface area contributed by atoms with E-state index in [0.717, 1.165) is 5.82 Å². The van der Waals surface area contributed by atoms with Crippen molar-refractivity contribution in [2.45, 2.75) is 34.1 Å². The van der Waals surface area contributed by atoms with E-state index in [1.165, 1.54) is 0 Å². The van der Waals surface area contributed by atoms with E-state index in [9.17, 15) is 9.59 Å². The minimum atomic E-state index is -0.822. The molecule has 118 valence electrons. The van der Waals surface area contributed by atoms with Gasteiger partial charge in [0.05, 0.1) is 6.61 Å². The molecule has 0 aliphatic carbocycles. The SMILES string of the molecule is CCOC(=O)C(C(=O)NCCc1nncn1C)C(C)(C)C. The highest BCUT2D eigenvalue weighted by atomic mass is 16.5. The molecule has 0 aliphatic rings. The van der Waals surface area contributed by atoms with Crippen LogP contribution in [-0.2, 0) is 27.8 Å². The Balaban J connectivity index is 2.61. The molecule has 1 amide bonds. The molecule has 0 radical (unpaired) electrons. The zero-order valence-corrected chi connectivity index (χ0v) is 13.3. The summed E-state index contributed by atoms with van der Waals surface area (Å²) in [7, 11) is 1.84. The zero-order chi connectivity index (χ0) is 16.0. The largest absolute Gasteiger partial charge is 0.465 e. The molecule has 0 saturated carbocycles. The molecule has 7 heteroatoms. The Morgan fingerprint density at radius 2 is 2.10 bits per heavy atom. The van der Waals surface area contributed by atoms with Crippen LogP contribution in [0.2, 0.25) is 0 Å². The summed E-state index contributed by atoms with van der Waals surface area (Å²) < 4.78 is 6.79. The quantitative estimate of drug-likeness (QED) is 0.617. The van der Waals surface area contributed by atoms with Crippen LogP contribution in [0.5, 0.6) is 0 Å². The fourth-order valence-electron chi connectivity index (χ4n) is 2.01. The summed E-state index contributed by atoms with van der Waals surface area (Å²) in [6, 6.07) is 0. The standard InChI is InChI=1S/C14H24N4O3/c1-6-21-13(20)11(14(2,3)4)12(19)15-8-7-10-17-16-9-18(10)5/h9,11H,6-8H2,1-5H3,(H,15,19). The van der Waals surface area contributed by atoms with Crippen LogP contribution >= 0.6 is 0 Å². The second kappa shape index (κ2) is 7.19. The van der Waals surface area contributed by atoms with Crippen molar-refractivity contribution < 1.29 is 14.3 Å². The number of aryl methyl sites for hydroxylation is 1. The minimum Gasteiger partial charge on any atom is -0.465 e. The number of esters is 1. The predicted molar refractivity (Wildman–Crippen MR) is 77.3 cm³/mol. The van der Waals surface area contributed by atoms with Gasteiger partial charge in [-0.3, -0.25) is 9.59 Å². The Bertz CT molecular complexity index is 491. The van der Waals surface area contributed by atoms with Crippen molar-refractivity contribution in [2.24, 2.45) is 18.4 Å². The van der Waals surface area contributed by atoms with Crippen LogP contribution in [0, 0.1) is 11.3 Å². The third-order valence-electron chi connectivity index (χ3n) is 3.10. The molecule has 1 aromatic rings. The van der Waals surface area contributed by atoms with Gasteiger partial charge in [0.2, 0.25) is 5.91 Å². The fraction of sp³-hybridized carbons (Fsp3) is 0.714. The number of nitrogens with zero attached hydrogens (tertiary/aromatic N) is 3. The van der Waals surface area contributed by atoms with Gasteiger partial charge in [-0.15, -0.1) is 10.2 Å². The average molecular weight is 296 g/mol. The summed E-state index contributed by atoms with van der Waals surface area (Å²) in [5, 5.41) is 10.5.